The molecule has 0 fully saturated rings. The van der Waals surface area contributed by atoms with Gasteiger partial charge in [-0.25, -0.2) is 0 Å². The third kappa shape index (κ3) is 3.11. The fourth-order valence-corrected chi connectivity index (χ4v) is 2.10. The highest BCUT2D eigenvalue weighted by Crippen LogP contribution is 2.28. The van der Waals surface area contributed by atoms with Crippen LogP contribution < -0.4 is 4.74 Å². The Balaban J connectivity index is 2.08. The lowest BCUT2D eigenvalue weighted by Crippen LogP contribution is -2.10. The van der Waals surface area contributed by atoms with Gasteiger partial charge in [-0.2, -0.15) is 4.98 Å². The Morgan fingerprint density at radius 3 is 1.95 bits per heavy atom. The highest BCUT2D eigenvalue weighted by atomic mass is 16.5. The van der Waals surface area contributed by atoms with Gasteiger partial charge in [0.05, 0.1) is 6.10 Å². The van der Waals surface area contributed by atoms with E-state index in [2.05, 4.69) is 15.2 Å². The number of rotatable bonds is 4. The van der Waals surface area contributed by atoms with E-state index >= 15 is 0 Å². The molecule has 0 bridgehead atoms. The highest BCUT2D eigenvalue weighted by Gasteiger charge is 2.14. The molecule has 0 atom stereocenters. The molecule has 110 valence electrons. The summed E-state index contributed by atoms with van der Waals surface area (Å²) in [6, 6.07) is 19.6. The van der Waals surface area contributed by atoms with Gasteiger partial charge in [0.15, 0.2) is 11.5 Å². The summed E-state index contributed by atoms with van der Waals surface area (Å²) in [4.78, 5) is 4.56. The molecule has 4 heteroatoms. The topological polar surface area (TPSA) is 47.9 Å². The number of aromatic nitrogens is 3. The van der Waals surface area contributed by atoms with Gasteiger partial charge in [0.25, 0.3) is 0 Å². The van der Waals surface area contributed by atoms with Crippen LogP contribution in [0, 0.1) is 0 Å². The lowest BCUT2D eigenvalue weighted by Gasteiger charge is -2.13. The molecule has 0 saturated heterocycles. The zero-order chi connectivity index (χ0) is 15.4. The van der Waals surface area contributed by atoms with Gasteiger partial charge in [-0.15, -0.1) is 10.2 Å². The van der Waals surface area contributed by atoms with Crippen molar-refractivity contribution in [1.82, 2.24) is 15.2 Å². The fraction of sp³-hybridized carbons (Fsp3) is 0.167. The monoisotopic (exact) mass is 291 g/mol. The number of benzene rings is 2. The van der Waals surface area contributed by atoms with Gasteiger partial charge in [0, 0.05) is 11.1 Å². The van der Waals surface area contributed by atoms with Gasteiger partial charge in [0.1, 0.15) is 0 Å². The highest BCUT2D eigenvalue weighted by molar-refractivity contribution is 5.65. The van der Waals surface area contributed by atoms with E-state index in [1.807, 2.05) is 74.5 Å². The van der Waals surface area contributed by atoms with E-state index in [1.165, 1.54) is 0 Å². The molecule has 0 amide bonds. The summed E-state index contributed by atoms with van der Waals surface area (Å²) in [6.45, 7) is 3.94. The average Bonchev–Trinajstić information content (AvgIpc) is 2.56. The summed E-state index contributed by atoms with van der Waals surface area (Å²) in [6.07, 6.45) is 0.0165. The third-order valence-electron chi connectivity index (χ3n) is 3.08. The number of hydrogen-bond acceptors (Lipinski definition) is 4. The quantitative estimate of drug-likeness (QED) is 0.729. The summed E-state index contributed by atoms with van der Waals surface area (Å²) in [5.41, 5.74) is 2.52. The molecule has 0 aliphatic rings. The van der Waals surface area contributed by atoms with E-state index in [9.17, 15) is 0 Å². The number of ether oxygens (including phenoxy) is 1. The Hall–Kier alpha value is -2.75. The van der Waals surface area contributed by atoms with E-state index in [0.717, 1.165) is 11.1 Å². The lowest BCUT2D eigenvalue weighted by atomic mass is 10.1. The maximum atomic E-state index is 5.85. The summed E-state index contributed by atoms with van der Waals surface area (Å²) in [5, 5.41) is 8.59. The molecule has 0 unspecified atom stereocenters. The first-order valence-electron chi connectivity index (χ1n) is 7.26. The van der Waals surface area contributed by atoms with Gasteiger partial charge in [-0.05, 0) is 13.8 Å². The van der Waals surface area contributed by atoms with Crippen molar-refractivity contribution in [3.05, 3.63) is 60.7 Å². The molecule has 3 rings (SSSR count). The van der Waals surface area contributed by atoms with Gasteiger partial charge in [-0.3, -0.25) is 0 Å². The van der Waals surface area contributed by atoms with Gasteiger partial charge in [0.2, 0.25) is 5.88 Å². The van der Waals surface area contributed by atoms with E-state index in [0.29, 0.717) is 17.4 Å². The molecule has 1 heterocycles. The second kappa shape index (κ2) is 6.35. The van der Waals surface area contributed by atoms with Crippen LogP contribution in [0.4, 0.5) is 0 Å². The zero-order valence-corrected chi connectivity index (χ0v) is 12.6. The van der Waals surface area contributed by atoms with Crippen LogP contribution in [0.5, 0.6) is 5.88 Å². The molecule has 3 aromatic rings. The van der Waals surface area contributed by atoms with Gasteiger partial charge >= 0.3 is 0 Å². The van der Waals surface area contributed by atoms with Crippen molar-refractivity contribution in [2.75, 3.05) is 0 Å². The van der Waals surface area contributed by atoms with Crippen molar-refractivity contribution in [2.45, 2.75) is 20.0 Å². The molecule has 2 aromatic carbocycles. The molecule has 0 spiro atoms. The third-order valence-corrected chi connectivity index (χ3v) is 3.08. The Morgan fingerprint density at radius 1 is 0.773 bits per heavy atom. The lowest BCUT2D eigenvalue weighted by molar-refractivity contribution is 0.232. The second-order valence-electron chi connectivity index (χ2n) is 5.19. The van der Waals surface area contributed by atoms with Crippen molar-refractivity contribution >= 4 is 0 Å². The smallest absolute Gasteiger partial charge is 0.244 e. The largest absolute Gasteiger partial charge is 0.473 e. The van der Waals surface area contributed by atoms with E-state index in [-0.39, 0.29) is 6.10 Å². The minimum absolute atomic E-state index is 0.0165. The van der Waals surface area contributed by atoms with E-state index in [1.54, 1.807) is 0 Å². The van der Waals surface area contributed by atoms with Crippen molar-refractivity contribution in [3.8, 4) is 28.5 Å². The first-order valence-corrected chi connectivity index (χ1v) is 7.26. The van der Waals surface area contributed by atoms with Crippen LogP contribution >= 0.6 is 0 Å². The predicted molar refractivity (Wildman–Crippen MR) is 86.5 cm³/mol. The molecule has 4 nitrogen and oxygen atoms in total. The predicted octanol–water partition coefficient (Wildman–Crippen LogP) is 3.99. The SMILES string of the molecule is CC(C)Oc1nc(-c2ccccc2)nnc1-c1ccccc1. The molecule has 0 saturated carbocycles. The normalized spacial score (nSPS) is 10.7. The van der Waals surface area contributed by atoms with Crippen LogP contribution in [-0.2, 0) is 0 Å². The number of hydrogen-bond donors (Lipinski definition) is 0. The Morgan fingerprint density at radius 2 is 1.36 bits per heavy atom. The van der Waals surface area contributed by atoms with Crippen molar-refractivity contribution < 1.29 is 4.74 Å². The van der Waals surface area contributed by atoms with Crippen molar-refractivity contribution in [1.29, 1.82) is 0 Å². The second-order valence-corrected chi connectivity index (χ2v) is 5.19. The summed E-state index contributed by atoms with van der Waals surface area (Å²) < 4.78 is 5.85. The minimum Gasteiger partial charge on any atom is -0.473 e. The molecule has 0 aliphatic carbocycles. The maximum absolute atomic E-state index is 5.85. The van der Waals surface area contributed by atoms with Crippen molar-refractivity contribution in [2.24, 2.45) is 0 Å². The average molecular weight is 291 g/mol. The summed E-state index contributed by atoms with van der Waals surface area (Å²) in [7, 11) is 0. The van der Waals surface area contributed by atoms with Crippen LogP contribution in [0.15, 0.2) is 60.7 Å². The van der Waals surface area contributed by atoms with Gasteiger partial charge in [-0.1, -0.05) is 60.7 Å². The molecule has 0 aliphatic heterocycles. The Kier molecular flexibility index (Phi) is 4.10. The number of nitrogens with zero attached hydrogens (tertiary/aromatic N) is 3. The first kappa shape index (κ1) is 14.2. The standard InChI is InChI=1S/C18H17N3O/c1-13(2)22-18-16(14-9-5-3-6-10-14)20-21-17(19-18)15-11-7-4-8-12-15/h3-13H,1-2H3. The Bertz CT molecular complexity index is 743. The molecule has 0 radical (unpaired) electrons. The molecular formula is C18H17N3O. The summed E-state index contributed by atoms with van der Waals surface area (Å²) in [5.74, 6) is 1.07. The van der Waals surface area contributed by atoms with Gasteiger partial charge < -0.3 is 4.74 Å². The van der Waals surface area contributed by atoms with Crippen LogP contribution in [0.3, 0.4) is 0 Å². The molecule has 22 heavy (non-hydrogen) atoms. The maximum Gasteiger partial charge on any atom is 0.244 e. The molecule has 0 N–H and O–H groups in total. The minimum atomic E-state index is 0.0165. The first-order chi connectivity index (χ1) is 10.7. The summed E-state index contributed by atoms with van der Waals surface area (Å²) >= 11 is 0. The molecular weight excluding hydrogens is 274 g/mol. The van der Waals surface area contributed by atoms with E-state index in [4.69, 9.17) is 4.74 Å². The van der Waals surface area contributed by atoms with Crippen molar-refractivity contribution in [3.63, 3.8) is 0 Å². The van der Waals surface area contributed by atoms with E-state index < -0.39 is 0 Å². The Labute approximate surface area is 129 Å². The van der Waals surface area contributed by atoms with Crippen LogP contribution in [0.2, 0.25) is 0 Å². The van der Waals surface area contributed by atoms with Crippen LogP contribution in [0.25, 0.3) is 22.6 Å². The van der Waals surface area contributed by atoms with Crippen LogP contribution in [0.1, 0.15) is 13.8 Å². The zero-order valence-electron chi connectivity index (χ0n) is 12.6. The molecule has 1 aromatic heterocycles. The van der Waals surface area contributed by atoms with Crippen LogP contribution in [-0.4, -0.2) is 21.3 Å². The fourth-order valence-electron chi connectivity index (χ4n) is 2.10.